The molecule has 1 unspecified atom stereocenters. The minimum Gasteiger partial charge on any atom is -0.347 e. The molecule has 0 aliphatic heterocycles. The van der Waals surface area contributed by atoms with Gasteiger partial charge in [-0.1, -0.05) is 0 Å². The minimum atomic E-state index is 0.0421. The summed E-state index contributed by atoms with van der Waals surface area (Å²) in [5.74, 6) is 0.589. The van der Waals surface area contributed by atoms with Crippen LogP contribution in [0.4, 0.5) is 0 Å². The van der Waals surface area contributed by atoms with Gasteiger partial charge in [-0.15, -0.1) is 5.10 Å². The van der Waals surface area contributed by atoms with Crippen LogP contribution in [0.5, 0.6) is 0 Å². The van der Waals surface area contributed by atoms with Crippen molar-refractivity contribution in [1.29, 1.82) is 0 Å². The van der Waals surface area contributed by atoms with E-state index in [9.17, 15) is 4.79 Å². The lowest BCUT2D eigenvalue weighted by atomic mass is 10.1. The smallest absolute Gasteiger partial charge is 0.220 e. The van der Waals surface area contributed by atoms with Gasteiger partial charge in [0.15, 0.2) is 0 Å². The minimum absolute atomic E-state index is 0.0421. The van der Waals surface area contributed by atoms with Gasteiger partial charge in [0, 0.05) is 19.2 Å². The van der Waals surface area contributed by atoms with Crippen LogP contribution < -0.4 is 5.32 Å². The largest absolute Gasteiger partial charge is 0.347 e. The van der Waals surface area contributed by atoms with Crippen LogP contribution in [0.3, 0.4) is 0 Å². The van der Waals surface area contributed by atoms with Crippen LogP contribution in [0.2, 0.25) is 0 Å². The highest BCUT2D eigenvalue weighted by atomic mass is 16.1. The Morgan fingerprint density at radius 2 is 2.36 bits per heavy atom. The molecule has 1 saturated carbocycles. The Balaban J connectivity index is 1.53. The number of nitrogens with zero attached hydrogens (tertiary/aromatic N) is 5. The van der Waals surface area contributed by atoms with Crippen molar-refractivity contribution in [2.24, 2.45) is 5.92 Å². The molecule has 0 aromatic carbocycles. The first-order valence-electron chi connectivity index (χ1n) is 7.65. The van der Waals surface area contributed by atoms with Crippen LogP contribution in [-0.4, -0.2) is 31.1 Å². The van der Waals surface area contributed by atoms with Gasteiger partial charge in [0.25, 0.3) is 0 Å². The molecular formula is C15H20N6O. The van der Waals surface area contributed by atoms with Gasteiger partial charge in [-0.3, -0.25) is 9.78 Å². The Kier molecular flexibility index (Phi) is 4.41. The van der Waals surface area contributed by atoms with Crippen molar-refractivity contribution in [1.82, 2.24) is 30.5 Å². The van der Waals surface area contributed by atoms with E-state index in [2.05, 4.69) is 31.9 Å². The van der Waals surface area contributed by atoms with E-state index >= 15 is 0 Å². The zero-order chi connectivity index (χ0) is 15.4. The van der Waals surface area contributed by atoms with E-state index in [0.29, 0.717) is 18.9 Å². The summed E-state index contributed by atoms with van der Waals surface area (Å²) in [6, 6.07) is 4.08. The number of pyridine rings is 1. The third-order valence-electron chi connectivity index (χ3n) is 3.85. The summed E-state index contributed by atoms with van der Waals surface area (Å²) in [6.07, 6.45) is 6.87. The highest BCUT2D eigenvalue weighted by Crippen LogP contribution is 2.40. The molecule has 1 atom stereocenters. The molecule has 2 aromatic heterocycles. The summed E-state index contributed by atoms with van der Waals surface area (Å²) in [5.41, 5.74) is 2.14. The van der Waals surface area contributed by atoms with Gasteiger partial charge >= 0.3 is 0 Å². The van der Waals surface area contributed by atoms with Crippen LogP contribution in [0.15, 0.2) is 24.7 Å². The highest BCUT2D eigenvalue weighted by molar-refractivity contribution is 5.76. The van der Waals surface area contributed by atoms with E-state index < -0.39 is 0 Å². The Morgan fingerprint density at radius 1 is 1.50 bits per heavy atom. The van der Waals surface area contributed by atoms with Gasteiger partial charge in [0.2, 0.25) is 5.91 Å². The van der Waals surface area contributed by atoms with Crippen molar-refractivity contribution in [3.63, 3.8) is 0 Å². The van der Waals surface area contributed by atoms with Crippen molar-refractivity contribution in [2.75, 3.05) is 0 Å². The van der Waals surface area contributed by atoms with Gasteiger partial charge < -0.3 is 5.32 Å². The van der Waals surface area contributed by atoms with E-state index in [1.165, 1.54) is 5.56 Å². The lowest BCUT2D eigenvalue weighted by molar-refractivity contribution is -0.122. The Labute approximate surface area is 129 Å². The molecule has 1 aliphatic rings. The third-order valence-corrected chi connectivity index (χ3v) is 3.85. The van der Waals surface area contributed by atoms with Crippen molar-refractivity contribution in [3.8, 4) is 0 Å². The predicted molar refractivity (Wildman–Crippen MR) is 79.6 cm³/mol. The number of carbonyl (C=O) groups is 1. The van der Waals surface area contributed by atoms with Gasteiger partial charge in [0.1, 0.15) is 6.33 Å². The molecule has 2 heterocycles. The fourth-order valence-electron chi connectivity index (χ4n) is 2.52. The maximum absolute atomic E-state index is 12.2. The monoisotopic (exact) mass is 300 g/mol. The first kappa shape index (κ1) is 14.6. The average molecular weight is 300 g/mol. The van der Waals surface area contributed by atoms with Crippen LogP contribution in [0.1, 0.15) is 43.0 Å². The standard InChI is InChI=1S/C15H20N6O/c1-11-6-7-16-13(9-11)15(12-4-5-12)18-14(22)3-2-8-21-10-17-19-20-21/h6-7,9-10,12,15H,2-5,8H2,1H3,(H,18,22). The lowest BCUT2D eigenvalue weighted by Gasteiger charge is -2.18. The third kappa shape index (κ3) is 3.87. The average Bonchev–Trinajstić information content (AvgIpc) is 3.21. The lowest BCUT2D eigenvalue weighted by Crippen LogP contribution is -2.30. The van der Waals surface area contributed by atoms with Gasteiger partial charge in [0.05, 0.1) is 11.7 Å². The molecule has 22 heavy (non-hydrogen) atoms. The highest BCUT2D eigenvalue weighted by Gasteiger charge is 2.34. The second-order valence-electron chi connectivity index (χ2n) is 5.82. The van der Waals surface area contributed by atoms with E-state index in [4.69, 9.17) is 0 Å². The maximum atomic E-state index is 12.2. The maximum Gasteiger partial charge on any atom is 0.220 e. The van der Waals surface area contributed by atoms with Gasteiger partial charge in [-0.2, -0.15) is 0 Å². The number of rotatable bonds is 7. The zero-order valence-electron chi connectivity index (χ0n) is 12.6. The molecule has 0 radical (unpaired) electrons. The molecule has 1 aliphatic carbocycles. The number of carbonyl (C=O) groups excluding carboxylic acids is 1. The predicted octanol–water partition coefficient (Wildman–Crippen LogP) is 1.42. The Hall–Kier alpha value is -2.31. The number of nitrogens with one attached hydrogen (secondary N) is 1. The van der Waals surface area contributed by atoms with Gasteiger partial charge in [-0.05, 0) is 60.2 Å². The molecule has 2 aromatic rings. The number of tetrazole rings is 1. The fourth-order valence-corrected chi connectivity index (χ4v) is 2.52. The molecule has 0 saturated heterocycles. The molecular weight excluding hydrogens is 280 g/mol. The van der Waals surface area contributed by atoms with Crippen LogP contribution in [-0.2, 0) is 11.3 Å². The van der Waals surface area contributed by atoms with Crippen molar-refractivity contribution in [2.45, 2.75) is 45.2 Å². The van der Waals surface area contributed by atoms with E-state index in [-0.39, 0.29) is 11.9 Å². The summed E-state index contributed by atoms with van der Waals surface area (Å²) in [7, 11) is 0. The molecule has 7 heteroatoms. The number of amides is 1. The number of hydrogen-bond acceptors (Lipinski definition) is 5. The normalized spacial score (nSPS) is 15.5. The molecule has 1 fully saturated rings. The number of aromatic nitrogens is 5. The molecule has 0 bridgehead atoms. The van der Waals surface area contributed by atoms with E-state index in [0.717, 1.165) is 25.0 Å². The Bertz CT molecular complexity index is 623. The van der Waals surface area contributed by atoms with Crippen molar-refractivity contribution >= 4 is 5.91 Å². The van der Waals surface area contributed by atoms with Gasteiger partial charge in [-0.25, -0.2) is 4.68 Å². The number of hydrogen-bond donors (Lipinski definition) is 1. The molecule has 7 nitrogen and oxygen atoms in total. The second kappa shape index (κ2) is 6.64. The Morgan fingerprint density at radius 3 is 3.05 bits per heavy atom. The quantitative estimate of drug-likeness (QED) is 0.836. The zero-order valence-corrected chi connectivity index (χ0v) is 12.6. The first-order chi connectivity index (χ1) is 10.7. The molecule has 1 amide bonds. The van der Waals surface area contributed by atoms with Crippen LogP contribution in [0.25, 0.3) is 0 Å². The molecule has 0 spiro atoms. The van der Waals surface area contributed by atoms with Crippen molar-refractivity contribution < 1.29 is 4.79 Å². The first-order valence-corrected chi connectivity index (χ1v) is 7.65. The van der Waals surface area contributed by atoms with Crippen molar-refractivity contribution in [3.05, 3.63) is 35.9 Å². The molecule has 116 valence electrons. The fraction of sp³-hybridized carbons (Fsp3) is 0.533. The summed E-state index contributed by atoms with van der Waals surface area (Å²) < 4.78 is 1.63. The topological polar surface area (TPSA) is 85.6 Å². The van der Waals surface area contributed by atoms with Crippen LogP contribution in [0, 0.1) is 12.8 Å². The van der Waals surface area contributed by atoms with Crippen LogP contribution >= 0.6 is 0 Å². The van der Waals surface area contributed by atoms with E-state index in [1.807, 2.05) is 19.2 Å². The summed E-state index contributed by atoms with van der Waals surface area (Å²) >= 11 is 0. The van der Waals surface area contributed by atoms with E-state index in [1.54, 1.807) is 11.0 Å². The number of aryl methyl sites for hydroxylation is 2. The molecule has 1 N–H and O–H groups in total. The SMILES string of the molecule is Cc1ccnc(C(NC(=O)CCCn2cnnn2)C2CC2)c1. The second-order valence-corrected chi connectivity index (χ2v) is 5.82. The summed E-state index contributed by atoms with van der Waals surface area (Å²) in [4.78, 5) is 16.6. The summed E-state index contributed by atoms with van der Waals surface area (Å²) in [5, 5.41) is 14.1. The molecule has 3 rings (SSSR count). The summed E-state index contributed by atoms with van der Waals surface area (Å²) in [6.45, 7) is 2.69.